The smallest absolute Gasteiger partial charge is 0.337 e. The third kappa shape index (κ3) is 4.31. The molecule has 1 aromatic carbocycles. The fourth-order valence-corrected chi connectivity index (χ4v) is 4.70. The monoisotopic (exact) mass is 399 g/mol. The van der Waals surface area contributed by atoms with E-state index in [0.717, 1.165) is 39.0 Å². The maximum absolute atomic E-state index is 11.6. The van der Waals surface area contributed by atoms with Gasteiger partial charge in [0.2, 0.25) is 0 Å². The van der Waals surface area contributed by atoms with Gasteiger partial charge in [0.15, 0.2) is 0 Å². The van der Waals surface area contributed by atoms with E-state index in [-0.39, 0.29) is 12.1 Å². The molecule has 1 saturated heterocycles. The number of aliphatic hydroxyl groups is 1. The molecule has 0 amide bonds. The van der Waals surface area contributed by atoms with Gasteiger partial charge in [0.05, 0.1) is 30.8 Å². The SMILES string of the molecule is CCn1cncc1CN1C[C@H]2C[C@H](Oc3ccc(C(=O)OC)cc3)[C@@H](O)C[C@H]2C1. The normalized spacial score (nSPS) is 26.9. The molecule has 4 atom stereocenters. The van der Waals surface area contributed by atoms with Crippen LogP contribution in [0.4, 0.5) is 0 Å². The quantitative estimate of drug-likeness (QED) is 0.752. The van der Waals surface area contributed by atoms with E-state index in [2.05, 4.69) is 21.4 Å². The molecule has 0 radical (unpaired) electrons. The maximum Gasteiger partial charge on any atom is 0.337 e. The molecule has 1 N–H and O–H groups in total. The molecule has 7 nitrogen and oxygen atoms in total. The molecular weight excluding hydrogens is 370 g/mol. The topological polar surface area (TPSA) is 76.8 Å². The second-order valence-corrected chi connectivity index (χ2v) is 8.10. The number of esters is 1. The number of carbonyl (C=O) groups excluding carboxylic acids is 1. The minimum absolute atomic E-state index is 0.221. The lowest BCUT2D eigenvalue weighted by Crippen LogP contribution is -2.42. The van der Waals surface area contributed by atoms with E-state index >= 15 is 0 Å². The van der Waals surface area contributed by atoms with Gasteiger partial charge in [-0.1, -0.05) is 0 Å². The lowest BCUT2D eigenvalue weighted by atomic mass is 9.78. The number of likely N-dealkylation sites (tertiary alicyclic amines) is 1. The molecule has 1 aromatic heterocycles. The molecule has 1 aliphatic carbocycles. The largest absolute Gasteiger partial charge is 0.488 e. The molecule has 156 valence electrons. The number of nitrogens with zero attached hydrogens (tertiary/aromatic N) is 3. The number of benzene rings is 1. The highest BCUT2D eigenvalue weighted by Crippen LogP contribution is 2.38. The second-order valence-electron chi connectivity index (χ2n) is 8.10. The predicted octanol–water partition coefficient (Wildman–Crippen LogP) is 2.34. The standard InChI is InChI=1S/C22H29N3O4/c1-3-25-14-23-10-18(25)13-24-11-16-8-20(26)21(9-17(16)12-24)29-19-6-4-15(5-7-19)22(27)28-2/h4-7,10,14,16-17,20-21,26H,3,8-9,11-13H2,1-2H3/t16-,17+,20-,21-/m0/s1. The summed E-state index contributed by atoms with van der Waals surface area (Å²) in [6.45, 7) is 5.99. The minimum atomic E-state index is -0.474. The fraction of sp³-hybridized carbons (Fsp3) is 0.545. The first-order valence-electron chi connectivity index (χ1n) is 10.3. The number of aromatic nitrogens is 2. The maximum atomic E-state index is 11.6. The van der Waals surface area contributed by atoms with Crippen molar-refractivity contribution >= 4 is 5.97 Å². The van der Waals surface area contributed by atoms with Crippen LogP contribution in [-0.2, 0) is 17.8 Å². The van der Waals surface area contributed by atoms with E-state index in [9.17, 15) is 9.90 Å². The first-order chi connectivity index (χ1) is 14.1. The lowest BCUT2D eigenvalue weighted by Gasteiger charge is -2.35. The molecule has 2 fully saturated rings. The minimum Gasteiger partial charge on any atom is -0.488 e. The van der Waals surface area contributed by atoms with Crippen LogP contribution in [0.2, 0.25) is 0 Å². The Bertz CT molecular complexity index is 835. The van der Waals surface area contributed by atoms with Crippen molar-refractivity contribution in [3.05, 3.63) is 48.0 Å². The van der Waals surface area contributed by atoms with Crippen LogP contribution in [0.15, 0.2) is 36.8 Å². The zero-order valence-corrected chi connectivity index (χ0v) is 17.0. The van der Waals surface area contributed by atoms with Crippen molar-refractivity contribution in [2.24, 2.45) is 11.8 Å². The van der Waals surface area contributed by atoms with E-state index in [0.29, 0.717) is 23.1 Å². The second kappa shape index (κ2) is 8.55. The molecule has 2 heterocycles. The van der Waals surface area contributed by atoms with Crippen LogP contribution < -0.4 is 4.74 Å². The predicted molar refractivity (Wildman–Crippen MR) is 108 cm³/mol. The van der Waals surface area contributed by atoms with E-state index in [1.54, 1.807) is 24.3 Å². The number of aliphatic hydroxyl groups excluding tert-OH is 1. The summed E-state index contributed by atoms with van der Waals surface area (Å²) in [7, 11) is 1.36. The number of fused-ring (bicyclic) bond motifs is 1. The first kappa shape index (κ1) is 19.9. The summed E-state index contributed by atoms with van der Waals surface area (Å²) in [6, 6.07) is 6.90. The van der Waals surface area contributed by atoms with Crippen LogP contribution in [0.3, 0.4) is 0 Å². The number of hydrogen-bond donors (Lipinski definition) is 1. The van der Waals surface area contributed by atoms with Crippen LogP contribution in [0, 0.1) is 11.8 Å². The Morgan fingerprint density at radius 2 is 1.93 bits per heavy atom. The summed E-state index contributed by atoms with van der Waals surface area (Å²) in [4.78, 5) is 18.3. The zero-order valence-electron chi connectivity index (χ0n) is 17.0. The molecule has 4 rings (SSSR count). The van der Waals surface area contributed by atoms with Crippen molar-refractivity contribution in [1.82, 2.24) is 14.5 Å². The summed E-state index contributed by atoms with van der Waals surface area (Å²) in [5.41, 5.74) is 1.73. The number of ether oxygens (including phenoxy) is 2. The highest BCUT2D eigenvalue weighted by Gasteiger charge is 2.42. The van der Waals surface area contributed by atoms with Gasteiger partial charge in [0.1, 0.15) is 11.9 Å². The van der Waals surface area contributed by atoms with Gasteiger partial charge in [0.25, 0.3) is 0 Å². The molecule has 1 saturated carbocycles. The summed E-state index contributed by atoms with van der Waals surface area (Å²) in [6.07, 6.45) is 4.74. The molecule has 0 bridgehead atoms. The van der Waals surface area contributed by atoms with Crippen molar-refractivity contribution in [1.29, 1.82) is 0 Å². The molecule has 0 spiro atoms. The molecule has 7 heteroatoms. The molecule has 2 aromatic rings. The van der Waals surface area contributed by atoms with Crippen LogP contribution in [0.25, 0.3) is 0 Å². The van der Waals surface area contributed by atoms with Gasteiger partial charge in [-0.3, -0.25) is 4.90 Å². The van der Waals surface area contributed by atoms with Gasteiger partial charge in [0, 0.05) is 32.4 Å². The van der Waals surface area contributed by atoms with Crippen molar-refractivity contribution in [3.8, 4) is 5.75 Å². The van der Waals surface area contributed by atoms with Gasteiger partial charge in [-0.25, -0.2) is 9.78 Å². The average Bonchev–Trinajstić information content (AvgIpc) is 3.34. The van der Waals surface area contributed by atoms with Crippen molar-refractivity contribution in [2.75, 3.05) is 20.2 Å². The first-order valence-corrected chi connectivity index (χ1v) is 10.3. The summed E-state index contributed by atoms with van der Waals surface area (Å²) < 4.78 is 13.0. The molecular formula is C22H29N3O4. The number of hydrogen-bond acceptors (Lipinski definition) is 6. The van der Waals surface area contributed by atoms with E-state index < -0.39 is 6.10 Å². The zero-order chi connectivity index (χ0) is 20.4. The molecule has 0 unspecified atom stereocenters. The van der Waals surface area contributed by atoms with Crippen molar-refractivity contribution in [3.63, 3.8) is 0 Å². The number of carbonyl (C=O) groups is 1. The summed E-state index contributed by atoms with van der Waals surface area (Å²) in [5, 5.41) is 10.7. The van der Waals surface area contributed by atoms with Crippen LogP contribution in [0.5, 0.6) is 5.75 Å². The Morgan fingerprint density at radius 3 is 2.62 bits per heavy atom. The Kier molecular flexibility index (Phi) is 5.87. The van der Waals surface area contributed by atoms with Gasteiger partial charge >= 0.3 is 5.97 Å². The lowest BCUT2D eigenvalue weighted by molar-refractivity contribution is -0.0231. The summed E-state index contributed by atoms with van der Waals surface area (Å²) >= 11 is 0. The van der Waals surface area contributed by atoms with Crippen molar-refractivity contribution in [2.45, 2.75) is 45.1 Å². The average molecular weight is 399 g/mol. The highest BCUT2D eigenvalue weighted by molar-refractivity contribution is 5.89. The Balaban J connectivity index is 1.36. The van der Waals surface area contributed by atoms with Gasteiger partial charge in [-0.05, 0) is 55.9 Å². The number of rotatable bonds is 6. The van der Waals surface area contributed by atoms with Crippen LogP contribution in [-0.4, -0.2) is 57.9 Å². The number of aryl methyl sites for hydroxylation is 1. The summed E-state index contributed by atoms with van der Waals surface area (Å²) in [5.74, 6) is 1.33. The van der Waals surface area contributed by atoms with Gasteiger partial charge in [-0.2, -0.15) is 0 Å². The molecule has 1 aliphatic heterocycles. The molecule has 29 heavy (non-hydrogen) atoms. The van der Waals surface area contributed by atoms with Crippen LogP contribution in [0.1, 0.15) is 35.8 Å². The highest BCUT2D eigenvalue weighted by atomic mass is 16.5. The van der Waals surface area contributed by atoms with Crippen LogP contribution >= 0.6 is 0 Å². The van der Waals surface area contributed by atoms with Gasteiger partial charge in [-0.15, -0.1) is 0 Å². The molecule has 2 aliphatic rings. The van der Waals surface area contributed by atoms with E-state index in [4.69, 9.17) is 9.47 Å². The number of methoxy groups -OCH3 is 1. The fourth-order valence-electron chi connectivity index (χ4n) is 4.70. The Morgan fingerprint density at radius 1 is 1.21 bits per heavy atom. The van der Waals surface area contributed by atoms with Crippen molar-refractivity contribution < 1.29 is 19.4 Å². The van der Waals surface area contributed by atoms with E-state index in [1.807, 2.05) is 12.5 Å². The van der Waals surface area contributed by atoms with E-state index in [1.165, 1.54) is 12.8 Å². The third-order valence-corrected chi connectivity index (χ3v) is 6.25. The number of imidazole rings is 1. The Labute approximate surface area is 171 Å². The Hall–Kier alpha value is -2.38. The third-order valence-electron chi connectivity index (χ3n) is 6.25. The van der Waals surface area contributed by atoms with Gasteiger partial charge < -0.3 is 19.1 Å².